The molecule has 0 fully saturated rings. The van der Waals surface area contributed by atoms with E-state index in [1.165, 1.54) is 5.56 Å². The van der Waals surface area contributed by atoms with Gasteiger partial charge in [0.2, 0.25) is 11.8 Å². The number of aryl methyl sites for hydroxylation is 1. The fourth-order valence-electron chi connectivity index (χ4n) is 3.17. The van der Waals surface area contributed by atoms with Crippen molar-refractivity contribution in [2.75, 3.05) is 19.4 Å². The molecule has 2 aromatic carbocycles. The van der Waals surface area contributed by atoms with Crippen LogP contribution in [-0.2, 0) is 16.1 Å². The molecule has 162 valence electrons. The predicted octanol–water partition coefficient (Wildman–Crippen LogP) is 4.43. The molecule has 0 aliphatic carbocycles. The van der Waals surface area contributed by atoms with E-state index >= 15 is 0 Å². The number of nitrogens with zero attached hydrogens (tertiary/aromatic N) is 1. The highest BCUT2D eigenvalue weighted by Crippen LogP contribution is 2.21. The van der Waals surface area contributed by atoms with Gasteiger partial charge in [-0.3, -0.25) is 9.59 Å². The lowest BCUT2D eigenvalue weighted by Gasteiger charge is -2.30. The topological polar surface area (TPSA) is 58.6 Å². The Labute approximate surface area is 184 Å². The maximum atomic E-state index is 13.1. The van der Waals surface area contributed by atoms with Gasteiger partial charge in [0.1, 0.15) is 11.8 Å². The summed E-state index contributed by atoms with van der Waals surface area (Å²) in [4.78, 5) is 28.6. The van der Waals surface area contributed by atoms with E-state index in [1.54, 1.807) is 23.8 Å². The molecule has 0 saturated carbocycles. The zero-order chi connectivity index (χ0) is 21.9. The van der Waals surface area contributed by atoms with Gasteiger partial charge in [0.05, 0.1) is 7.11 Å². The van der Waals surface area contributed by atoms with E-state index in [-0.39, 0.29) is 11.8 Å². The lowest BCUT2D eigenvalue weighted by atomic mass is 10.1. The van der Waals surface area contributed by atoms with Gasteiger partial charge >= 0.3 is 0 Å². The smallest absolute Gasteiger partial charge is 0.242 e. The van der Waals surface area contributed by atoms with Crippen LogP contribution in [0, 0.1) is 6.92 Å². The molecular formula is C24H32N2O3S. The summed E-state index contributed by atoms with van der Waals surface area (Å²) < 4.78 is 5.22. The number of ether oxygens (including phenoxy) is 1. The number of hydrogen-bond donors (Lipinski definition) is 1. The van der Waals surface area contributed by atoms with Crippen molar-refractivity contribution in [1.29, 1.82) is 0 Å². The van der Waals surface area contributed by atoms with Crippen molar-refractivity contribution in [3.63, 3.8) is 0 Å². The van der Waals surface area contributed by atoms with Gasteiger partial charge in [0, 0.05) is 30.2 Å². The SMILES string of the molecule is CCNC(=O)[C@H](CC)N(Cc1ccc(OC)cc1)C(=O)CCSc1ccc(C)cc1. The van der Waals surface area contributed by atoms with E-state index in [4.69, 9.17) is 4.74 Å². The first-order valence-corrected chi connectivity index (χ1v) is 11.4. The molecule has 5 nitrogen and oxygen atoms in total. The molecule has 0 aromatic heterocycles. The molecule has 0 unspecified atom stereocenters. The van der Waals surface area contributed by atoms with E-state index in [9.17, 15) is 9.59 Å². The maximum absolute atomic E-state index is 13.1. The van der Waals surface area contributed by atoms with Gasteiger partial charge in [0.15, 0.2) is 0 Å². The highest BCUT2D eigenvalue weighted by Gasteiger charge is 2.28. The van der Waals surface area contributed by atoms with Gasteiger partial charge in [-0.1, -0.05) is 36.8 Å². The number of thioether (sulfide) groups is 1. The highest BCUT2D eigenvalue weighted by atomic mass is 32.2. The molecule has 2 aromatic rings. The molecule has 30 heavy (non-hydrogen) atoms. The number of carbonyl (C=O) groups excluding carboxylic acids is 2. The third kappa shape index (κ3) is 7.10. The van der Waals surface area contributed by atoms with Crippen molar-refractivity contribution in [3.8, 4) is 5.75 Å². The molecule has 2 amide bonds. The summed E-state index contributed by atoms with van der Waals surface area (Å²) in [6.07, 6.45) is 0.948. The highest BCUT2D eigenvalue weighted by molar-refractivity contribution is 7.99. The van der Waals surface area contributed by atoms with Crippen LogP contribution in [0.15, 0.2) is 53.4 Å². The Morgan fingerprint density at radius 2 is 1.73 bits per heavy atom. The number of benzene rings is 2. The fourth-order valence-corrected chi connectivity index (χ4v) is 4.01. The molecule has 1 atom stereocenters. The summed E-state index contributed by atoms with van der Waals surface area (Å²) in [6.45, 7) is 6.83. The summed E-state index contributed by atoms with van der Waals surface area (Å²) in [5.41, 5.74) is 2.19. The number of methoxy groups -OCH3 is 1. The van der Waals surface area contributed by atoms with Gasteiger partial charge in [-0.15, -0.1) is 11.8 Å². The van der Waals surface area contributed by atoms with E-state index in [0.29, 0.717) is 31.7 Å². The summed E-state index contributed by atoms with van der Waals surface area (Å²) in [5, 5.41) is 2.87. The largest absolute Gasteiger partial charge is 0.497 e. The van der Waals surface area contributed by atoms with Gasteiger partial charge in [-0.05, 0) is 50.1 Å². The van der Waals surface area contributed by atoms with Crippen LogP contribution in [0.2, 0.25) is 0 Å². The minimum atomic E-state index is -0.482. The maximum Gasteiger partial charge on any atom is 0.242 e. The second-order valence-corrected chi connectivity index (χ2v) is 8.27. The number of rotatable bonds is 11. The van der Waals surface area contributed by atoms with E-state index in [2.05, 4.69) is 36.5 Å². The van der Waals surface area contributed by atoms with Crippen LogP contribution in [0.3, 0.4) is 0 Å². The first kappa shape index (κ1) is 23.8. The minimum Gasteiger partial charge on any atom is -0.497 e. The van der Waals surface area contributed by atoms with Crippen LogP contribution in [0.25, 0.3) is 0 Å². The van der Waals surface area contributed by atoms with Crippen LogP contribution in [-0.4, -0.2) is 42.2 Å². The number of carbonyl (C=O) groups is 2. The molecular weight excluding hydrogens is 396 g/mol. The van der Waals surface area contributed by atoms with Crippen molar-refractivity contribution in [2.45, 2.75) is 51.1 Å². The molecule has 0 aliphatic heterocycles. The van der Waals surface area contributed by atoms with Crippen molar-refractivity contribution < 1.29 is 14.3 Å². The Hall–Kier alpha value is -2.47. The Morgan fingerprint density at radius 1 is 1.07 bits per heavy atom. The van der Waals surface area contributed by atoms with Gasteiger partial charge < -0.3 is 15.0 Å². The molecule has 6 heteroatoms. The zero-order valence-corrected chi connectivity index (χ0v) is 19.1. The number of likely N-dealkylation sites (N-methyl/N-ethyl adjacent to an activating group) is 1. The van der Waals surface area contributed by atoms with Crippen LogP contribution in [0.1, 0.15) is 37.8 Å². The third-order valence-corrected chi connectivity index (χ3v) is 5.87. The average Bonchev–Trinajstić information content (AvgIpc) is 2.75. The van der Waals surface area contributed by atoms with Crippen LogP contribution in [0.5, 0.6) is 5.75 Å². The quantitative estimate of drug-likeness (QED) is 0.538. The van der Waals surface area contributed by atoms with E-state index < -0.39 is 6.04 Å². The Morgan fingerprint density at radius 3 is 2.30 bits per heavy atom. The summed E-state index contributed by atoms with van der Waals surface area (Å²) >= 11 is 1.66. The first-order valence-electron chi connectivity index (χ1n) is 10.4. The Bertz CT molecular complexity index is 806. The van der Waals surface area contributed by atoms with Gasteiger partial charge in [-0.2, -0.15) is 0 Å². The molecule has 0 radical (unpaired) electrons. The van der Waals surface area contributed by atoms with Crippen molar-refractivity contribution >= 4 is 23.6 Å². The predicted molar refractivity (Wildman–Crippen MR) is 123 cm³/mol. The van der Waals surface area contributed by atoms with Crippen molar-refractivity contribution in [1.82, 2.24) is 10.2 Å². The summed E-state index contributed by atoms with van der Waals surface area (Å²) in [7, 11) is 1.62. The lowest BCUT2D eigenvalue weighted by Crippen LogP contribution is -2.49. The molecule has 0 spiro atoms. The second-order valence-electron chi connectivity index (χ2n) is 7.10. The zero-order valence-electron chi connectivity index (χ0n) is 18.3. The Balaban J connectivity index is 2.10. The van der Waals surface area contributed by atoms with E-state index in [1.807, 2.05) is 38.1 Å². The normalized spacial score (nSPS) is 11.6. The standard InChI is InChI=1S/C24H32N2O3S/c1-5-22(24(28)25-6-2)26(17-19-9-11-20(29-4)12-10-19)23(27)15-16-30-21-13-7-18(3)8-14-21/h7-14,22H,5-6,15-17H2,1-4H3,(H,25,28)/t22-/m0/s1. The van der Waals surface area contributed by atoms with E-state index in [0.717, 1.165) is 16.2 Å². The second kappa shape index (κ2) is 12.3. The van der Waals surface area contributed by atoms with Crippen molar-refractivity contribution in [2.24, 2.45) is 0 Å². The lowest BCUT2D eigenvalue weighted by molar-refractivity contribution is -0.141. The Kier molecular flexibility index (Phi) is 9.74. The van der Waals surface area contributed by atoms with Crippen molar-refractivity contribution in [3.05, 3.63) is 59.7 Å². The summed E-state index contributed by atoms with van der Waals surface area (Å²) in [5.74, 6) is 1.32. The first-order chi connectivity index (χ1) is 14.5. The van der Waals surface area contributed by atoms with Crippen LogP contribution in [0.4, 0.5) is 0 Å². The molecule has 2 rings (SSSR count). The summed E-state index contributed by atoms with van der Waals surface area (Å²) in [6, 6.07) is 15.4. The third-order valence-electron chi connectivity index (χ3n) is 4.85. The van der Waals surface area contributed by atoms with Gasteiger partial charge in [-0.25, -0.2) is 0 Å². The average molecular weight is 429 g/mol. The number of hydrogen-bond acceptors (Lipinski definition) is 4. The number of nitrogens with one attached hydrogen (secondary N) is 1. The van der Waals surface area contributed by atoms with Crippen LogP contribution >= 0.6 is 11.8 Å². The van der Waals surface area contributed by atoms with Gasteiger partial charge in [0.25, 0.3) is 0 Å². The molecule has 0 aliphatic rings. The molecule has 0 heterocycles. The molecule has 0 bridgehead atoms. The number of amides is 2. The molecule has 1 N–H and O–H groups in total. The molecule has 0 saturated heterocycles. The fraction of sp³-hybridized carbons (Fsp3) is 0.417. The van der Waals surface area contributed by atoms with Crippen LogP contribution < -0.4 is 10.1 Å². The minimum absolute atomic E-state index is 0.0106. The monoisotopic (exact) mass is 428 g/mol.